The van der Waals surface area contributed by atoms with Gasteiger partial charge in [0.1, 0.15) is 0 Å². The highest BCUT2D eigenvalue weighted by atomic mass is 16.2. The zero-order valence-corrected chi connectivity index (χ0v) is 8.51. The van der Waals surface area contributed by atoms with Crippen molar-refractivity contribution in [2.75, 3.05) is 26.2 Å². The zero-order valence-electron chi connectivity index (χ0n) is 8.51. The minimum absolute atomic E-state index is 0.258. The molecule has 1 atom stereocenters. The van der Waals surface area contributed by atoms with Crippen molar-refractivity contribution >= 4 is 5.91 Å². The Hall–Kier alpha value is -0.610. The van der Waals surface area contributed by atoms with Gasteiger partial charge in [0.25, 0.3) is 0 Å². The minimum Gasteiger partial charge on any atom is -0.356 e. The van der Waals surface area contributed by atoms with Crippen LogP contribution in [0.3, 0.4) is 0 Å². The van der Waals surface area contributed by atoms with Gasteiger partial charge >= 0.3 is 0 Å². The highest BCUT2D eigenvalue weighted by Gasteiger charge is 2.29. The molecule has 14 heavy (non-hydrogen) atoms. The van der Waals surface area contributed by atoms with Crippen LogP contribution in [-0.4, -0.2) is 38.1 Å². The summed E-state index contributed by atoms with van der Waals surface area (Å²) in [4.78, 5) is 11.3. The van der Waals surface area contributed by atoms with E-state index in [1.165, 1.54) is 0 Å². The number of hydrogen-bond donors (Lipinski definition) is 3. The Morgan fingerprint density at radius 2 is 2.21 bits per heavy atom. The van der Waals surface area contributed by atoms with Crippen LogP contribution in [-0.2, 0) is 4.79 Å². The van der Waals surface area contributed by atoms with Crippen molar-refractivity contribution in [1.29, 1.82) is 0 Å². The number of carbonyl (C=O) groups excluding carboxylic acids is 1. The zero-order chi connectivity index (χ0) is 9.80. The SMILES string of the molecule is O=C(NCCC1CNCCN1)C1CC1. The quantitative estimate of drug-likeness (QED) is 0.567. The fourth-order valence-electron chi connectivity index (χ4n) is 1.78. The lowest BCUT2D eigenvalue weighted by molar-refractivity contribution is -0.122. The van der Waals surface area contributed by atoms with Gasteiger partial charge in [0, 0.05) is 38.1 Å². The molecule has 1 unspecified atom stereocenters. The smallest absolute Gasteiger partial charge is 0.223 e. The second-order valence-corrected chi connectivity index (χ2v) is 4.21. The maximum atomic E-state index is 11.3. The van der Waals surface area contributed by atoms with Gasteiger partial charge in [-0.2, -0.15) is 0 Å². The van der Waals surface area contributed by atoms with Crippen molar-refractivity contribution in [2.24, 2.45) is 5.92 Å². The van der Waals surface area contributed by atoms with Gasteiger partial charge in [-0.3, -0.25) is 4.79 Å². The average molecular weight is 197 g/mol. The first kappa shape index (κ1) is 9.93. The predicted octanol–water partition coefficient (Wildman–Crippen LogP) is -0.536. The molecular weight excluding hydrogens is 178 g/mol. The molecule has 0 aromatic rings. The normalized spacial score (nSPS) is 27.3. The number of hydrogen-bond acceptors (Lipinski definition) is 3. The topological polar surface area (TPSA) is 53.2 Å². The lowest BCUT2D eigenvalue weighted by Crippen LogP contribution is -2.49. The Balaban J connectivity index is 1.54. The summed E-state index contributed by atoms with van der Waals surface area (Å²) in [5.41, 5.74) is 0. The van der Waals surface area contributed by atoms with Crippen LogP contribution in [0.1, 0.15) is 19.3 Å². The van der Waals surface area contributed by atoms with Crippen LogP contribution < -0.4 is 16.0 Å². The molecule has 1 heterocycles. The summed E-state index contributed by atoms with van der Waals surface area (Å²) in [7, 11) is 0. The fourth-order valence-corrected chi connectivity index (χ4v) is 1.78. The average Bonchev–Trinajstić information content (AvgIpc) is 3.02. The van der Waals surface area contributed by atoms with Gasteiger partial charge in [0.15, 0.2) is 0 Å². The summed E-state index contributed by atoms with van der Waals surface area (Å²) in [6, 6.07) is 0.531. The van der Waals surface area contributed by atoms with E-state index >= 15 is 0 Å². The maximum absolute atomic E-state index is 11.3. The Morgan fingerprint density at radius 1 is 1.36 bits per heavy atom. The van der Waals surface area contributed by atoms with E-state index < -0.39 is 0 Å². The van der Waals surface area contributed by atoms with Crippen LogP contribution in [0.2, 0.25) is 0 Å². The van der Waals surface area contributed by atoms with Crippen molar-refractivity contribution in [3.63, 3.8) is 0 Å². The second-order valence-electron chi connectivity index (χ2n) is 4.21. The van der Waals surface area contributed by atoms with Gasteiger partial charge in [-0.1, -0.05) is 0 Å². The number of nitrogens with one attached hydrogen (secondary N) is 3. The van der Waals surface area contributed by atoms with Crippen LogP contribution in [0.15, 0.2) is 0 Å². The maximum Gasteiger partial charge on any atom is 0.223 e. The number of amides is 1. The molecule has 1 aliphatic carbocycles. The molecule has 0 spiro atoms. The van der Waals surface area contributed by atoms with Crippen LogP contribution in [0, 0.1) is 5.92 Å². The van der Waals surface area contributed by atoms with Crippen molar-refractivity contribution in [2.45, 2.75) is 25.3 Å². The summed E-state index contributed by atoms with van der Waals surface area (Å²) in [6.07, 6.45) is 3.22. The summed E-state index contributed by atoms with van der Waals surface area (Å²) in [6.45, 7) is 3.94. The molecule has 0 radical (unpaired) electrons. The van der Waals surface area contributed by atoms with Gasteiger partial charge < -0.3 is 16.0 Å². The van der Waals surface area contributed by atoms with E-state index in [1.807, 2.05) is 0 Å². The first-order valence-corrected chi connectivity index (χ1v) is 5.58. The second kappa shape index (κ2) is 4.75. The monoisotopic (exact) mass is 197 g/mol. The molecule has 0 bridgehead atoms. The molecule has 1 aliphatic heterocycles. The lowest BCUT2D eigenvalue weighted by Gasteiger charge is -2.24. The van der Waals surface area contributed by atoms with E-state index in [9.17, 15) is 4.79 Å². The van der Waals surface area contributed by atoms with Gasteiger partial charge in [-0.05, 0) is 19.3 Å². The van der Waals surface area contributed by atoms with Crippen LogP contribution in [0.25, 0.3) is 0 Å². The molecule has 0 aromatic heterocycles. The largest absolute Gasteiger partial charge is 0.356 e. The van der Waals surface area contributed by atoms with E-state index in [2.05, 4.69) is 16.0 Å². The Kier molecular flexibility index (Phi) is 3.37. The van der Waals surface area contributed by atoms with E-state index in [4.69, 9.17) is 0 Å². The molecule has 1 amide bonds. The summed E-state index contributed by atoms with van der Waals surface area (Å²) in [5, 5.41) is 9.74. The van der Waals surface area contributed by atoms with Gasteiger partial charge in [-0.15, -0.1) is 0 Å². The highest BCUT2D eigenvalue weighted by Crippen LogP contribution is 2.28. The van der Waals surface area contributed by atoms with Crippen LogP contribution in [0.4, 0.5) is 0 Å². The van der Waals surface area contributed by atoms with E-state index in [0.29, 0.717) is 12.0 Å². The van der Waals surface area contributed by atoms with Crippen molar-refractivity contribution in [3.05, 3.63) is 0 Å². The molecular formula is C10H19N3O. The summed E-state index contributed by atoms with van der Waals surface area (Å²) in [5.74, 6) is 0.598. The first-order valence-electron chi connectivity index (χ1n) is 5.58. The number of rotatable bonds is 4. The molecule has 2 aliphatic rings. The number of piperazine rings is 1. The van der Waals surface area contributed by atoms with Crippen molar-refractivity contribution in [1.82, 2.24) is 16.0 Å². The van der Waals surface area contributed by atoms with E-state index in [-0.39, 0.29) is 5.91 Å². The molecule has 2 rings (SSSR count). The molecule has 0 aromatic carbocycles. The number of carbonyl (C=O) groups is 1. The third kappa shape index (κ3) is 2.96. The summed E-state index contributed by atoms with van der Waals surface area (Å²) < 4.78 is 0. The molecule has 2 fully saturated rings. The molecule has 4 heteroatoms. The van der Waals surface area contributed by atoms with Crippen LogP contribution in [0.5, 0.6) is 0 Å². The Labute approximate surface area is 84.8 Å². The van der Waals surface area contributed by atoms with E-state index in [1.54, 1.807) is 0 Å². The standard InChI is InChI=1S/C10H19N3O/c14-10(8-1-2-8)13-4-3-9-7-11-5-6-12-9/h8-9,11-12H,1-7H2,(H,13,14). The van der Waals surface area contributed by atoms with Crippen molar-refractivity contribution < 1.29 is 4.79 Å². The lowest BCUT2D eigenvalue weighted by atomic mass is 10.1. The van der Waals surface area contributed by atoms with Gasteiger partial charge in [0.2, 0.25) is 5.91 Å². The summed E-state index contributed by atoms with van der Waals surface area (Å²) >= 11 is 0. The van der Waals surface area contributed by atoms with Gasteiger partial charge in [-0.25, -0.2) is 0 Å². The third-order valence-electron chi connectivity index (χ3n) is 2.87. The minimum atomic E-state index is 0.258. The Bertz CT molecular complexity index is 198. The molecule has 1 saturated heterocycles. The molecule has 4 nitrogen and oxygen atoms in total. The molecule has 1 saturated carbocycles. The fraction of sp³-hybridized carbons (Fsp3) is 0.900. The highest BCUT2D eigenvalue weighted by molar-refractivity contribution is 5.80. The third-order valence-corrected chi connectivity index (χ3v) is 2.87. The van der Waals surface area contributed by atoms with Crippen molar-refractivity contribution in [3.8, 4) is 0 Å². The molecule has 3 N–H and O–H groups in total. The van der Waals surface area contributed by atoms with Gasteiger partial charge in [0.05, 0.1) is 0 Å². The molecule has 80 valence electrons. The van der Waals surface area contributed by atoms with Crippen LogP contribution >= 0.6 is 0 Å². The first-order chi connectivity index (χ1) is 6.86. The van der Waals surface area contributed by atoms with E-state index in [0.717, 1.165) is 45.4 Å². The Morgan fingerprint density at radius 3 is 2.86 bits per heavy atom. The predicted molar refractivity (Wildman–Crippen MR) is 55.0 cm³/mol.